The standard InChI is InChI=1S/C16H23N3/c1-15(2,3)14-18-12-10-11(17)6-7-13(12)19(14)16(4)8-5-9-16/h6-7,10H,5,8-9,17H2,1-4H3. The number of aromatic nitrogens is 2. The van der Waals surface area contributed by atoms with E-state index >= 15 is 0 Å². The lowest BCUT2D eigenvalue weighted by Gasteiger charge is -2.43. The van der Waals surface area contributed by atoms with Gasteiger partial charge in [0.15, 0.2) is 0 Å². The van der Waals surface area contributed by atoms with E-state index in [1.807, 2.05) is 12.1 Å². The normalized spacial score (nSPS) is 18.5. The van der Waals surface area contributed by atoms with E-state index in [0.29, 0.717) is 0 Å². The molecule has 1 aliphatic carbocycles. The van der Waals surface area contributed by atoms with Crippen molar-refractivity contribution in [2.45, 2.75) is 57.9 Å². The minimum absolute atomic E-state index is 0.0480. The molecule has 1 aromatic carbocycles. The van der Waals surface area contributed by atoms with Crippen LogP contribution in [0.4, 0.5) is 5.69 Å². The van der Waals surface area contributed by atoms with Crippen LogP contribution in [0.5, 0.6) is 0 Å². The Morgan fingerprint density at radius 1 is 1.26 bits per heavy atom. The lowest BCUT2D eigenvalue weighted by molar-refractivity contribution is 0.164. The minimum Gasteiger partial charge on any atom is -0.399 e. The van der Waals surface area contributed by atoms with Crippen LogP contribution in [0.15, 0.2) is 18.2 Å². The number of rotatable bonds is 1. The van der Waals surface area contributed by atoms with E-state index in [-0.39, 0.29) is 11.0 Å². The lowest BCUT2D eigenvalue weighted by atomic mass is 9.77. The first-order valence-electron chi connectivity index (χ1n) is 7.10. The van der Waals surface area contributed by atoms with E-state index < -0.39 is 0 Å². The zero-order valence-corrected chi connectivity index (χ0v) is 12.3. The molecular formula is C16H23N3. The van der Waals surface area contributed by atoms with Crippen LogP contribution in [0.25, 0.3) is 11.0 Å². The summed E-state index contributed by atoms with van der Waals surface area (Å²) in [4.78, 5) is 4.88. The van der Waals surface area contributed by atoms with Crippen LogP contribution in [0, 0.1) is 0 Å². The van der Waals surface area contributed by atoms with Crippen LogP contribution in [0.2, 0.25) is 0 Å². The van der Waals surface area contributed by atoms with Crippen molar-refractivity contribution in [1.29, 1.82) is 0 Å². The molecule has 1 fully saturated rings. The monoisotopic (exact) mass is 257 g/mol. The molecule has 0 aliphatic heterocycles. The van der Waals surface area contributed by atoms with E-state index in [2.05, 4.69) is 38.3 Å². The number of benzene rings is 1. The Balaban J connectivity index is 2.32. The maximum atomic E-state index is 5.90. The Morgan fingerprint density at radius 3 is 2.47 bits per heavy atom. The molecule has 19 heavy (non-hydrogen) atoms. The van der Waals surface area contributed by atoms with Crippen molar-refractivity contribution in [2.24, 2.45) is 0 Å². The molecule has 0 saturated heterocycles. The molecule has 0 bridgehead atoms. The summed E-state index contributed by atoms with van der Waals surface area (Å²) < 4.78 is 2.46. The Kier molecular flexibility index (Phi) is 2.47. The summed E-state index contributed by atoms with van der Waals surface area (Å²) in [5.74, 6) is 1.18. The molecule has 0 unspecified atom stereocenters. The van der Waals surface area contributed by atoms with Crippen LogP contribution < -0.4 is 5.73 Å². The zero-order valence-electron chi connectivity index (χ0n) is 12.3. The fraction of sp³-hybridized carbons (Fsp3) is 0.562. The number of anilines is 1. The van der Waals surface area contributed by atoms with E-state index in [9.17, 15) is 0 Å². The van der Waals surface area contributed by atoms with Crippen molar-refractivity contribution in [3.63, 3.8) is 0 Å². The van der Waals surface area contributed by atoms with Gasteiger partial charge in [0.05, 0.1) is 11.0 Å². The smallest absolute Gasteiger partial charge is 0.115 e. The van der Waals surface area contributed by atoms with E-state index in [4.69, 9.17) is 10.7 Å². The van der Waals surface area contributed by atoms with Crippen molar-refractivity contribution >= 4 is 16.7 Å². The van der Waals surface area contributed by atoms with Gasteiger partial charge in [0.1, 0.15) is 5.82 Å². The molecular weight excluding hydrogens is 234 g/mol. The van der Waals surface area contributed by atoms with E-state index in [1.54, 1.807) is 0 Å². The fourth-order valence-electron chi connectivity index (χ4n) is 3.06. The average molecular weight is 257 g/mol. The molecule has 2 aromatic rings. The second-order valence-electron chi connectivity index (χ2n) is 7.12. The molecule has 3 nitrogen and oxygen atoms in total. The first kappa shape index (κ1) is 12.5. The fourth-order valence-corrected chi connectivity index (χ4v) is 3.06. The summed E-state index contributed by atoms with van der Waals surface area (Å²) in [5, 5.41) is 0. The third-order valence-electron chi connectivity index (χ3n) is 4.32. The Bertz CT molecular complexity index is 627. The third-order valence-corrected chi connectivity index (χ3v) is 4.32. The van der Waals surface area contributed by atoms with Gasteiger partial charge >= 0.3 is 0 Å². The molecule has 0 atom stereocenters. The number of nitrogens with two attached hydrogens (primary N) is 1. The Labute approximate surface area is 114 Å². The van der Waals surface area contributed by atoms with Gasteiger partial charge in [-0.2, -0.15) is 0 Å². The van der Waals surface area contributed by atoms with Crippen molar-refractivity contribution in [3.8, 4) is 0 Å². The predicted molar refractivity (Wildman–Crippen MR) is 80.3 cm³/mol. The lowest BCUT2D eigenvalue weighted by Crippen LogP contribution is -2.40. The van der Waals surface area contributed by atoms with Crippen LogP contribution >= 0.6 is 0 Å². The molecule has 2 N–H and O–H groups in total. The number of hydrogen-bond acceptors (Lipinski definition) is 2. The largest absolute Gasteiger partial charge is 0.399 e. The molecule has 0 spiro atoms. The second-order valence-corrected chi connectivity index (χ2v) is 7.12. The molecule has 102 valence electrons. The maximum absolute atomic E-state index is 5.90. The summed E-state index contributed by atoms with van der Waals surface area (Å²) in [7, 11) is 0. The van der Waals surface area contributed by atoms with E-state index in [0.717, 1.165) is 11.2 Å². The topological polar surface area (TPSA) is 43.8 Å². The number of fused-ring (bicyclic) bond motifs is 1. The summed E-state index contributed by atoms with van der Waals surface area (Å²) in [5.41, 5.74) is 9.21. The van der Waals surface area contributed by atoms with Crippen LogP contribution in [-0.2, 0) is 11.0 Å². The summed E-state index contributed by atoms with van der Waals surface area (Å²) >= 11 is 0. The second kappa shape index (κ2) is 3.75. The highest BCUT2D eigenvalue weighted by Gasteiger charge is 2.38. The molecule has 1 aliphatic rings. The quantitative estimate of drug-likeness (QED) is 0.789. The van der Waals surface area contributed by atoms with Gasteiger partial charge in [-0.1, -0.05) is 20.8 Å². The molecule has 1 aromatic heterocycles. The van der Waals surface area contributed by atoms with Gasteiger partial charge in [0.25, 0.3) is 0 Å². The van der Waals surface area contributed by atoms with E-state index in [1.165, 1.54) is 30.6 Å². The van der Waals surface area contributed by atoms with Gasteiger partial charge in [0, 0.05) is 16.6 Å². The number of nitrogen functional groups attached to an aromatic ring is 1. The number of nitrogens with zero attached hydrogens (tertiary/aromatic N) is 2. The van der Waals surface area contributed by atoms with Gasteiger partial charge in [-0.15, -0.1) is 0 Å². The van der Waals surface area contributed by atoms with Gasteiger partial charge < -0.3 is 10.3 Å². The van der Waals surface area contributed by atoms with Crippen molar-refractivity contribution < 1.29 is 0 Å². The molecule has 1 saturated carbocycles. The minimum atomic E-state index is 0.0480. The summed E-state index contributed by atoms with van der Waals surface area (Å²) in [6, 6.07) is 6.09. The molecule has 3 rings (SSSR count). The van der Waals surface area contributed by atoms with Crippen molar-refractivity contribution in [1.82, 2.24) is 9.55 Å². The van der Waals surface area contributed by atoms with Crippen LogP contribution in [-0.4, -0.2) is 9.55 Å². The average Bonchev–Trinajstić information content (AvgIpc) is 2.64. The number of imidazole rings is 1. The van der Waals surface area contributed by atoms with Crippen LogP contribution in [0.3, 0.4) is 0 Å². The molecule has 0 amide bonds. The Hall–Kier alpha value is -1.51. The molecule has 0 radical (unpaired) electrons. The van der Waals surface area contributed by atoms with Gasteiger partial charge in [-0.3, -0.25) is 0 Å². The van der Waals surface area contributed by atoms with Gasteiger partial charge in [0.2, 0.25) is 0 Å². The van der Waals surface area contributed by atoms with Gasteiger partial charge in [-0.05, 0) is 44.4 Å². The third kappa shape index (κ3) is 1.83. The van der Waals surface area contributed by atoms with Crippen molar-refractivity contribution in [3.05, 3.63) is 24.0 Å². The van der Waals surface area contributed by atoms with Gasteiger partial charge in [-0.25, -0.2) is 4.98 Å². The first-order chi connectivity index (χ1) is 8.81. The van der Waals surface area contributed by atoms with Crippen LogP contribution in [0.1, 0.15) is 52.8 Å². The Morgan fingerprint density at radius 2 is 1.95 bits per heavy atom. The predicted octanol–water partition coefficient (Wildman–Crippen LogP) is 3.82. The summed E-state index contributed by atoms with van der Waals surface area (Å²) in [6.45, 7) is 9.05. The van der Waals surface area contributed by atoms with Crippen molar-refractivity contribution in [2.75, 3.05) is 5.73 Å². The number of hydrogen-bond donors (Lipinski definition) is 1. The first-order valence-corrected chi connectivity index (χ1v) is 7.10. The SMILES string of the molecule is CC(C)(C)c1nc2cc(N)ccc2n1C1(C)CCC1. The molecule has 3 heteroatoms. The highest BCUT2D eigenvalue weighted by Crippen LogP contribution is 2.43. The molecule has 1 heterocycles. The summed E-state index contributed by atoms with van der Waals surface area (Å²) in [6.07, 6.45) is 3.80. The zero-order chi connectivity index (χ0) is 13.8. The highest BCUT2D eigenvalue weighted by atomic mass is 15.2. The maximum Gasteiger partial charge on any atom is 0.115 e. The highest BCUT2D eigenvalue weighted by molar-refractivity contribution is 5.80.